The molecule has 29 heavy (non-hydrogen) atoms. The molecule has 2 aliphatic heterocycles. The van der Waals surface area contributed by atoms with Gasteiger partial charge in [0.1, 0.15) is 23.1 Å². The largest absolute Gasteiger partial charge is 0.497 e. The third kappa shape index (κ3) is 3.36. The van der Waals surface area contributed by atoms with Gasteiger partial charge in [0.15, 0.2) is 0 Å². The van der Waals surface area contributed by atoms with Crippen molar-refractivity contribution in [2.45, 2.75) is 38.3 Å². The van der Waals surface area contributed by atoms with Gasteiger partial charge in [-0.2, -0.15) is 5.26 Å². The van der Waals surface area contributed by atoms with Crippen molar-refractivity contribution in [3.8, 4) is 17.6 Å². The Morgan fingerprint density at radius 3 is 2.72 bits per heavy atom. The standard InChI is InChI=1S/C22H23N3O4/c1-13-10-18-20(22(26)25(13)12-16-4-3-9-28-16)19(17(11-23)21(24)29-18)14-5-7-15(27-2)8-6-14/h5-8,10,16,19H,3-4,9,12,24H2,1-2H3/t16-,19-/m0/s1. The molecule has 2 atom stereocenters. The number of aryl methyl sites for hydroxylation is 1. The predicted octanol–water partition coefficient (Wildman–Crippen LogP) is 2.56. The summed E-state index contributed by atoms with van der Waals surface area (Å²) < 4.78 is 18.3. The summed E-state index contributed by atoms with van der Waals surface area (Å²) in [5.41, 5.74) is 8.05. The minimum Gasteiger partial charge on any atom is -0.497 e. The number of aromatic nitrogens is 1. The van der Waals surface area contributed by atoms with E-state index in [0.29, 0.717) is 23.6 Å². The molecule has 2 aromatic rings. The van der Waals surface area contributed by atoms with Crippen LogP contribution in [0, 0.1) is 18.3 Å². The van der Waals surface area contributed by atoms with Crippen LogP contribution in [0.3, 0.4) is 0 Å². The molecule has 7 heteroatoms. The van der Waals surface area contributed by atoms with Crippen LogP contribution in [0.15, 0.2) is 46.6 Å². The van der Waals surface area contributed by atoms with Crippen molar-refractivity contribution in [3.05, 3.63) is 69.0 Å². The fourth-order valence-corrected chi connectivity index (χ4v) is 4.03. The Labute approximate surface area is 168 Å². The van der Waals surface area contributed by atoms with Crippen LogP contribution in [0.5, 0.6) is 11.5 Å². The monoisotopic (exact) mass is 393 g/mol. The summed E-state index contributed by atoms with van der Waals surface area (Å²) in [4.78, 5) is 13.5. The van der Waals surface area contributed by atoms with Crippen LogP contribution in [0.1, 0.15) is 35.6 Å². The van der Waals surface area contributed by atoms with Crippen LogP contribution in [-0.4, -0.2) is 24.4 Å². The van der Waals surface area contributed by atoms with Gasteiger partial charge in [0.2, 0.25) is 5.88 Å². The van der Waals surface area contributed by atoms with Crippen LogP contribution in [-0.2, 0) is 11.3 Å². The first-order chi connectivity index (χ1) is 14.0. The Morgan fingerprint density at radius 2 is 2.10 bits per heavy atom. The van der Waals surface area contributed by atoms with Gasteiger partial charge in [-0.05, 0) is 37.5 Å². The smallest absolute Gasteiger partial charge is 0.258 e. The summed E-state index contributed by atoms with van der Waals surface area (Å²) in [6, 6.07) is 11.2. The summed E-state index contributed by atoms with van der Waals surface area (Å²) >= 11 is 0. The number of pyridine rings is 1. The van der Waals surface area contributed by atoms with Crippen molar-refractivity contribution in [2.24, 2.45) is 5.73 Å². The average molecular weight is 393 g/mol. The zero-order valence-electron chi connectivity index (χ0n) is 16.5. The molecule has 150 valence electrons. The number of hydrogen-bond donors (Lipinski definition) is 1. The van der Waals surface area contributed by atoms with Gasteiger partial charge in [0.25, 0.3) is 5.56 Å². The quantitative estimate of drug-likeness (QED) is 0.857. The second-order valence-electron chi connectivity index (χ2n) is 7.31. The lowest BCUT2D eigenvalue weighted by Crippen LogP contribution is -2.35. The average Bonchev–Trinajstić information content (AvgIpc) is 3.23. The van der Waals surface area contributed by atoms with Gasteiger partial charge in [-0.1, -0.05) is 12.1 Å². The third-order valence-corrected chi connectivity index (χ3v) is 5.55. The van der Waals surface area contributed by atoms with Crippen LogP contribution in [0.4, 0.5) is 0 Å². The van der Waals surface area contributed by atoms with Crippen LogP contribution < -0.4 is 20.8 Å². The molecule has 2 aliphatic rings. The molecule has 0 radical (unpaired) electrons. The molecular weight excluding hydrogens is 370 g/mol. The lowest BCUT2D eigenvalue weighted by molar-refractivity contribution is 0.0955. The van der Waals surface area contributed by atoms with E-state index in [4.69, 9.17) is 19.9 Å². The normalized spacial score (nSPS) is 20.7. The molecule has 2 N–H and O–H groups in total. The molecule has 1 fully saturated rings. The first-order valence-corrected chi connectivity index (χ1v) is 9.61. The zero-order valence-corrected chi connectivity index (χ0v) is 16.5. The molecular formula is C22H23N3O4. The second kappa shape index (κ2) is 7.64. The number of benzene rings is 1. The molecule has 3 heterocycles. The van der Waals surface area contributed by atoms with Crippen molar-refractivity contribution in [2.75, 3.05) is 13.7 Å². The van der Waals surface area contributed by atoms with Crippen LogP contribution in [0.2, 0.25) is 0 Å². The third-order valence-electron chi connectivity index (χ3n) is 5.55. The Kier molecular flexibility index (Phi) is 5.03. The number of nitriles is 1. The Balaban J connectivity index is 1.87. The SMILES string of the molecule is COc1ccc([C@H]2C(C#N)=C(N)Oc3cc(C)n(C[C@@H]4CCCO4)c(=O)c32)cc1. The van der Waals surface area contributed by atoms with E-state index in [1.54, 1.807) is 23.8 Å². The lowest BCUT2D eigenvalue weighted by Gasteiger charge is -2.28. The highest BCUT2D eigenvalue weighted by molar-refractivity contribution is 5.55. The fourth-order valence-electron chi connectivity index (χ4n) is 4.03. The van der Waals surface area contributed by atoms with Crippen molar-refractivity contribution in [1.82, 2.24) is 4.57 Å². The maximum atomic E-state index is 13.5. The second-order valence-corrected chi connectivity index (χ2v) is 7.31. The van der Waals surface area contributed by atoms with E-state index >= 15 is 0 Å². The highest BCUT2D eigenvalue weighted by Crippen LogP contribution is 2.40. The van der Waals surface area contributed by atoms with Gasteiger partial charge < -0.3 is 24.5 Å². The van der Waals surface area contributed by atoms with Gasteiger partial charge in [-0.15, -0.1) is 0 Å². The van der Waals surface area contributed by atoms with Gasteiger partial charge in [-0.3, -0.25) is 4.79 Å². The summed E-state index contributed by atoms with van der Waals surface area (Å²) in [6.45, 7) is 3.06. The first kappa shape index (κ1) is 19.1. The van der Waals surface area contributed by atoms with E-state index in [1.807, 2.05) is 25.1 Å². The molecule has 4 rings (SSSR count). The lowest BCUT2D eigenvalue weighted by atomic mass is 9.84. The Bertz CT molecular complexity index is 1060. The summed E-state index contributed by atoms with van der Waals surface area (Å²) in [5, 5.41) is 9.74. The van der Waals surface area contributed by atoms with Crippen molar-refractivity contribution in [1.29, 1.82) is 5.26 Å². The van der Waals surface area contributed by atoms with E-state index in [9.17, 15) is 10.1 Å². The number of allylic oxidation sites excluding steroid dienone is 1. The molecule has 0 bridgehead atoms. The number of nitrogens with zero attached hydrogens (tertiary/aromatic N) is 2. The summed E-state index contributed by atoms with van der Waals surface area (Å²) in [7, 11) is 1.59. The van der Waals surface area contributed by atoms with E-state index in [-0.39, 0.29) is 23.1 Å². The molecule has 1 aromatic carbocycles. The van der Waals surface area contributed by atoms with E-state index in [0.717, 1.165) is 30.7 Å². The molecule has 0 saturated carbocycles. The molecule has 7 nitrogen and oxygen atoms in total. The van der Waals surface area contributed by atoms with Crippen LogP contribution >= 0.6 is 0 Å². The highest BCUT2D eigenvalue weighted by atomic mass is 16.5. The maximum Gasteiger partial charge on any atom is 0.258 e. The summed E-state index contributed by atoms with van der Waals surface area (Å²) in [5.74, 6) is 0.514. The Hall–Kier alpha value is -3.24. The number of rotatable bonds is 4. The van der Waals surface area contributed by atoms with E-state index in [2.05, 4.69) is 6.07 Å². The van der Waals surface area contributed by atoms with Crippen molar-refractivity contribution in [3.63, 3.8) is 0 Å². The summed E-state index contributed by atoms with van der Waals surface area (Å²) in [6.07, 6.45) is 1.95. The topological polar surface area (TPSA) is 99.5 Å². The number of fused-ring (bicyclic) bond motifs is 1. The molecule has 0 spiro atoms. The number of ether oxygens (including phenoxy) is 3. The number of methoxy groups -OCH3 is 1. The van der Waals surface area contributed by atoms with E-state index in [1.165, 1.54) is 0 Å². The number of nitrogens with two attached hydrogens (primary N) is 1. The van der Waals surface area contributed by atoms with Gasteiger partial charge in [-0.25, -0.2) is 0 Å². The predicted molar refractivity (Wildman–Crippen MR) is 107 cm³/mol. The molecule has 0 aliphatic carbocycles. The van der Waals surface area contributed by atoms with Crippen LogP contribution in [0.25, 0.3) is 0 Å². The number of hydrogen-bond acceptors (Lipinski definition) is 6. The zero-order chi connectivity index (χ0) is 20.5. The fraction of sp³-hybridized carbons (Fsp3) is 0.364. The molecule has 1 aromatic heterocycles. The molecule has 0 unspecified atom stereocenters. The maximum absolute atomic E-state index is 13.5. The molecule has 1 saturated heterocycles. The van der Waals surface area contributed by atoms with Crippen molar-refractivity contribution >= 4 is 0 Å². The first-order valence-electron chi connectivity index (χ1n) is 9.61. The van der Waals surface area contributed by atoms with Gasteiger partial charge in [0, 0.05) is 18.4 Å². The minimum absolute atomic E-state index is 0.0180. The van der Waals surface area contributed by atoms with Crippen molar-refractivity contribution < 1.29 is 14.2 Å². The van der Waals surface area contributed by atoms with Gasteiger partial charge >= 0.3 is 0 Å². The van der Waals surface area contributed by atoms with E-state index < -0.39 is 5.92 Å². The Morgan fingerprint density at radius 1 is 1.34 bits per heavy atom. The highest BCUT2D eigenvalue weighted by Gasteiger charge is 2.34. The molecule has 0 amide bonds. The van der Waals surface area contributed by atoms with Gasteiger partial charge in [0.05, 0.1) is 31.2 Å². The minimum atomic E-state index is -0.599.